The molecule has 0 saturated carbocycles. The highest BCUT2D eigenvalue weighted by atomic mass is 16.1. The van der Waals surface area contributed by atoms with Crippen LogP contribution in [-0.4, -0.2) is 20.9 Å². The van der Waals surface area contributed by atoms with Gasteiger partial charge in [0.25, 0.3) is 5.91 Å². The van der Waals surface area contributed by atoms with Crippen LogP contribution in [0.5, 0.6) is 0 Å². The first-order valence-electron chi connectivity index (χ1n) is 9.12. The highest BCUT2D eigenvalue weighted by Crippen LogP contribution is 2.30. The molecule has 0 unspecified atom stereocenters. The first kappa shape index (κ1) is 18.3. The molecule has 0 atom stereocenters. The van der Waals surface area contributed by atoms with Crippen LogP contribution in [0.3, 0.4) is 0 Å². The van der Waals surface area contributed by atoms with E-state index in [2.05, 4.69) is 26.3 Å². The number of carbonyl (C=O) groups excluding carboxylic acids is 1. The van der Waals surface area contributed by atoms with Crippen LogP contribution in [0.25, 0.3) is 22.5 Å². The van der Waals surface area contributed by atoms with Crippen LogP contribution < -0.4 is 11.1 Å². The van der Waals surface area contributed by atoms with Crippen LogP contribution in [0.4, 0.5) is 11.5 Å². The molecule has 6 nitrogen and oxygen atoms in total. The van der Waals surface area contributed by atoms with Crippen LogP contribution in [0.15, 0.2) is 79.1 Å². The lowest BCUT2D eigenvalue weighted by Gasteiger charge is -2.12. The molecule has 2 aromatic heterocycles. The molecule has 0 radical (unpaired) electrons. The van der Waals surface area contributed by atoms with Crippen molar-refractivity contribution in [1.29, 1.82) is 0 Å². The average molecular weight is 381 g/mol. The number of aryl methyl sites for hydroxylation is 1. The molecule has 2 aromatic carbocycles. The summed E-state index contributed by atoms with van der Waals surface area (Å²) < 4.78 is 0. The molecule has 0 spiro atoms. The molecule has 2 heterocycles. The molecule has 6 heteroatoms. The number of benzene rings is 2. The van der Waals surface area contributed by atoms with Crippen LogP contribution in [0.1, 0.15) is 16.1 Å². The quantitative estimate of drug-likeness (QED) is 0.513. The zero-order valence-corrected chi connectivity index (χ0v) is 15.8. The number of anilines is 2. The Morgan fingerprint density at radius 1 is 0.897 bits per heavy atom. The summed E-state index contributed by atoms with van der Waals surface area (Å²) in [5.74, 6) is 0.00958. The van der Waals surface area contributed by atoms with E-state index in [1.807, 2.05) is 49.4 Å². The Labute approximate surface area is 168 Å². The Morgan fingerprint density at radius 3 is 2.45 bits per heavy atom. The number of nitrogens with two attached hydrogens (primary N) is 1. The summed E-state index contributed by atoms with van der Waals surface area (Å²) >= 11 is 0. The van der Waals surface area contributed by atoms with E-state index >= 15 is 0 Å². The summed E-state index contributed by atoms with van der Waals surface area (Å²) in [6.07, 6.45) is 3.13. The topological polar surface area (TPSA) is 93.8 Å². The molecule has 4 rings (SSSR count). The third-order valence-corrected chi connectivity index (χ3v) is 4.39. The predicted molar refractivity (Wildman–Crippen MR) is 114 cm³/mol. The first-order chi connectivity index (χ1) is 14.1. The largest absolute Gasteiger partial charge is 0.399 e. The Hall–Kier alpha value is -4.06. The molecule has 0 fully saturated rings. The van der Waals surface area contributed by atoms with Crippen molar-refractivity contribution >= 4 is 17.4 Å². The SMILES string of the molecule is Cc1cccc(-c2ncc(NC(=O)c3ccccn3)nc2-c2ccc(N)cc2)c1. The second kappa shape index (κ2) is 7.90. The molecule has 4 aromatic rings. The zero-order chi connectivity index (χ0) is 20.2. The van der Waals surface area contributed by atoms with Gasteiger partial charge < -0.3 is 11.1 Å². The standard InChI is InChI=1S/C23H19N5O/c1-15-5-4-6-17(13-15)21-22(16-8-10-18(24)11-9-16)27-20(14-26-21)28-23(29)19-7-2-3-12-25-19/h2-14H,24H2,1H3,(H,27,28,29). The van der Waals surface area contributed by atoms with Gasteiger partial charge in [0.05, 0.1) is 17.6 Å². The number of amides is 1. The Morgan fingerprint density at radius 2 is 1.72 bits per heavy atom. The number of aromatic nitrogens is 3. The van der Waals surface area contributed by atoms with Gasteiger partial charge in [-0.25, -0.2) is 4.98 Å². The second-order valence-electron chi connectivity index (χ2n) is 6.61. The van der Waals surface area contributed by atoms with Gasteiger partial charge in [0.2, 0.25) is 0 Å². The van der Waals surface area contributed by atoms with Gasteiger partial charge in [0, 0.05) is 23.0 Å². The van der Waals surface area contributed by atoms with Crippen molar-refractivity contribution in [2.24, 2.45) is 0 Å². The summed E-state index contributed by atoms with van der Waals surface area (Å²) in [5, 5.41) is 2.77. The minimum atomic E-state index is -0.341. The number of hydrogen-bond acceptors (Lipinski definition) is 5. The van der Waals surface area contributed by atoms with Crippen molar-refractivity contribution in [3.63, 3.8) is 0 Å². The van der Waals surface area contributed by atoms with Gasteiger partial charge in [-0.2, -0.15) is 0 Å². The van der Waals surface area contributed by atoms with E-state index < -0.39 is 0 Å². The van der Waals surface area contributed by atoms with E-state index in [9.17, 15) is 4.79 Å². The van der Waals surface area contributed by atoms with E-state index in [1.165, 1.54) is 0 Å². The molecule has 0 aliphatic heterocycles. The van der Waals surface area contributed by atoms with Gasteiger partial charge in [-0.1, -0.05) is 42.0 Å². The van der Waals surface area contributed by atoms with Crippen molar-refractivity contribution < 1.29 is 4.79 Å². The van der Waals surface area contributed by atoms with Crippen LogP contribution in [-0.2, 0) is 0 Å². The lowest BCUT2D eigenvalue weighted by atomic mass is 10.0. The molecular formula is C23H19N5O. The molecular weight excluding hydrogens is 362 g/mol. The summed E-state index contributed by atoms with van der Waals surface area (Å²) in [4.78, 5) is 25.8. The zero-order valence-electron chi connectivity index (χ0n) is 15.8. The van der Waals surface area contributed by atoms with Crippen LogP contribution in [0.2, 0.25) is 0 Å². The molecule has 3 N–H and O–H groups in total. The third-order valence-electron chi connectivity index (χ3n) is 4.39. The highest BCUT2D eigenvalue weighted by Gasteiger charge is 2.15. The number of pyridine rings is 1. The predicted octanol–water partition coefficient (Wildman–Crippen LogP) is 4.35. The first-order valence-corrected chi connectivity index (χ1v) is 9.12. The maximum atomic E-state index is 12.4. The van der Waals surface area contributed by atoms with Crippen molar-refractivity contribution in [1.82, 2.24) is 15.0 Å². The number of hydrogen-bond donors (Lipinski definition) is 2. The fourth-order valence-electron chi connectivity index (χ4n) is 2.97. The second-order valence-corrected chi connectivity index (χ2v) is 6.61. The normalized spacial score (nSPS) is 10.5. The third kappa shape index (κ3) is 4.11. The smallest absolute Gasteiger partial charge is 0.275 e. The Bertz CT molecular complexity index is 1160. The summed E-state index contributed by atoms with van der Waals surface area (Å²) in [5.41, 5.74) is 11.1. The van der Waals surface area contributed by atoms with Gasteiger partial charge in [-0.05, 0) is 37.3 Å². The molecule has 29 heavy (non-hydrogen) atoms. The van der Waals surface area contributed by atoms with Gasteiger partial charge >= 0.3 is 0 Å². The molecule has 0 saturated heterocycles. The van der Waals surface area contributed by atoms with Crippen molar-refractivity contribution in [3.05, 3.63) is 90.4 Å². The summed E-state index contributed by atoms with van der Waals surface area (Å²) in [6.45, 7) is 2.03. The van der Waals surface area contributed by atoms with E-state index in [0.717, 1.165) is 22.4 Å². The van der Waals surface area contributed by atoms with Gasteiger partial charge in [-0.15, -0.1) is 0 Å². The number of nitrogens with zero attached hydrogens (tertiary/aromatic N) is 3. The fourth-order valence-corrected chi connectivity index (χ4v) is 2.97. The Kier molecular flexibility index (Phi) is 4.99. The van der Waals surface area contributed by atoms with E-state index in [0.29, 0.717) is 22.9 Å². The molecule has 1 amide bonds. The lowest BCUT2D eigenvalue weighted by Crippen LogP contribution is -2.15. The van der Waals surface area contributed by atoms with Gasteiger partial charge in [0.1, 0.15) is 5.69 Å². The highest BCUT2D eigenvalue weighted by molar-refractivity contribution is 6.02. The number of carbonyl (C=O) groups is 1. The molecule has 0 aliphatic rings. The van der Waals surface area contributed by atoms with Gasteiger partial charge in [-0.3, -0.25) is 14.8 Å². The van der Waals surface area contributed by atoms with Crippen molar-refractivity contribution in [2.45, 2.75) is 6.92 Å². The van der Waals surface area contributed by atoms with Gasteiger partial charge in [0.15, 0.2) is 5.82 Å². The maximum Gasteiger partial charge on any atom is 0.275 e. The monoisotopic (exact) mass is 381 g/mol. The minimum Gasteiger partial charge on any atom is -0.399 e. The maximum absolute atomic E-state index is 12.4. The number of nitrogen functional groups attached to an aromatic ring is 1. The van der Waals surface area contributed by atoms with Crippen LogP contribution >= 0.6 is 0 Å². The van der Waals surface area contributed by atoms with E-state index in [4.69, 9.17) is 5.73 Å². The number of nitrogens with one attached hydrogen (secondary N) is 1. The number of rotatable bonds is 4. The lowest BCUT2D eigenvalue weighted by molar-refractivity contribution is 0.102. The van der Waals surface area contributed by atoms with Crippen molar-refractivity contribution in [3.8, 4) is 22.5 Å². The average Bonchev–Trinajstić information content (AvgIpc) is 2.75. The molecule has 0 aliphatic carbocycles. The van der Waals surface area contributed by atoms with Crippen LogP contribution in [0, 0.1) is 6.92 Å². The van der Waals surface area contributed by atoms with E-state index in [1.54, 1.807) is 30.6 Å². The summed E-state index contributed by atoms with van der Waals surface area (Å²) in [7, 11) is 0. The molecule has 0 bridgehead atoms. The van der Waals surface area contributed by atoms with E-state index in [-0.39, 0.29) is 5.91 Å². The minimum absolute atomic E-state index is 0.311. The molecule has 142 valence electrons. The van der Waals surface area contributed by atoms with Crippen molar-refractivity contribution in [2.75, 3.05) is 11.1 Å². The fraction of sp³-hybridized carbons (Fsp3) is 0.0435. The Balaban J connectivity index is 1.77. The summed E-state index contributed by atoms with van der Waals surface area (Å²) in [6, 6.07) is 20.6.